The molecule has 1 aliphatic rings. The molecule has 1 N–H and O–H groups in total. The van der Waals surface area contributed by atoms with Gasteiger partial charge in [-0.05, 0) is 60.5 Å². The summed E-state index contributed by atoms with van der Waals surface area (Å²) in [6, 6.07) is 13.2. The van der Waals surface area contributed by atoms with E-state index in [1.807, 2.05) is 56.3 Å². The lowest BCUT2D eigenvalue weighted by atomic mass is 9.95. The maximum atomic E-state index is 12.9. The molecule has 1 unspecified atom stereocenters. The number of esters is 1. The highest BCUT2D eigenvalue weighted by Crippen LogP contribution is 2.40. The molecule has 0 radical (unpaired) electrons. The summed E-state index contributed by atoms with van der Waals surface area (Å²) >= 11 is 3.54. The number of aryl methyl sites for hydroxylation is 1. The quantitative estimate of drug-likeness (QED) is 0.525. The zero-order chi connectivity index (χ0) is 22.0. The van der Waals surface area contributed by atoms with Crippen molar-refractivity contribution in [1.82, 2.24) is 20.2 Å². The van der Waals surface area contributed by atoms with Gasteiger partial charge in [0.25, 0.3) is 0 Å². The van der Waals surface area contributed by atoms with Crippen LogP contribution in [-0.4, -0.2) is 32.8 Å². The molecule has 160 valence electrons. The van der Waals surface area contributed by atoms with Crippen molar-refractivity contribution in [3.8, 4) is 5.75 Å². The topological polar surface area (TPSA) is 91.2 Å². The van der Waals surface area contributed by atoms with Gasteiger partial charge in [0.1, 0.15) is 18.4 Å². The molecular formula is C22H22BrN5O3. The molecule has 0 saturated carbocycles. The van der Waals surface area contributed by atoms with Crippen LogP contribution in [0.3, 0.4) is 0 Å². The third-order valence-corrected chi connectivity index (χ3v) is 5.61. The van der Waals surface area contributed by atoms with Crippen LogP contribution in [0.15, 0.2) is 58.2 Å². The lowest BCUT2D eigenvalue weighted by Crippen LogP contribution is -2.30. The molecule has 2 heterocycles. The molecule has 0 bridgehead atoms. The van der Waals surface area contributed by atoms with E-state index in [4.69, 9.17) is 9.47 Å². The van der Waals surface area contributed by atoms with Gasteiger partial charge >= 0.3 is 5.97 Å². The zero-order valence-corrected chi connectivity index (χ0v) is 19.0. The monoisotopic (exact) mass is 483 g/mol. The number of rotatable bonds is 6. The average Bonchev–Trinajstić information content (AvgIpc) is 3.21. The Balaban J connectivity index is 1.79. The van der Waals surface area contributed by atoms with Gasteiger partial charge in [-0.3, -0.25) is 0 Å². The van der Waals surface area contributed by atoms with Crippen LogP contribution < -0.4 is 10.1 Å². The summed E-state index contributed by atoms with van der Waals surface area (Å²) in [7, 11) is 0. The van der Waals surface area contributed by atoms with E-state index in [0.717, 1.165) is 21.2 Å². The molecule has 0 fully saturated rings. The van der Waals surface area contributed by atoms with Crippen molar-refractivity contribution < 1.29 is 14.3 Å². The second-order valence-corrected chi connectivity index (χ2v) is 8.05. The Morgan fingerprint density at radius 3 is 2.81 bits per heavy atom. The number of tetrazole rings is 1. The maximum absolute atomic E-state index is 12.9. The third-order valence-electron chi connectivity index (χ3n) is 5.12. The van der Waals surface area contributed by atoms with Gasteiger partial charge in [-0.15, -0.1) is 0 Å². The van der Waals surface area contributed by atoms with Crippen molar-refractivity contribution in [3.05, 3.63) is 74.9 Å². The molecule has 4 rings (SSSR count). The zero-order valence-electron chi connectivity index (χ0n) is 17.4. The summed E-state index contributed by atoms with van der Waals surface area (Å²) in [4.78, 5) is 12.9. The van der Waals surface area contributed by atoms with Gasteiger partial charge in [-0.2, -0.15) is 4.68 Å². The number of halogens is 1. The molecule has 8 nitrogen and oxygen atoms in total. The summed E-state index contributed by atoms with van der Waals surface area (Å²) < 4.78 is 14.0. The van der Waals surface area contributed by atoms with E-state index in [9.17, 15) is 4.79 Å². The molecule has 2 aromatic carbocycles. The number of benzene rings is 2. The van der Waals surface area contributed by atoms with Gasteiger partial charge in [-0.25, -0.2) is 4.79 Å². The molecule has 9 heteroatoms. The molecule has 0 aliphatic carbocycles. The summed E-state index contributed by atoms with van der Waals surface area (Å²) in [6.45, 7) is 6.29. The van der Waals surface area contributed by atoms with Crippen LogP contribution in [0.1, 0.15) is 36.6 Å². The van der Waals surface area contributed by atoms with Crippen molar-refractivity contribution in [2.75, 3.05) is 11.9 Å². The van der Waals surface area contributed by atoms with E-state index in [-0.39, 0.29) is 6.61 Å². The van der Waals surface area contributed by atoms with Crippen molar-refractivity contribution >= 4 is 27.8 Å². The van der Waals surface area contributed by atoms with E-state index < -0.39 is 12.0 Å². The van der Waals surface area contributed by atoms with Gasteiger partial charge in [0.2, 0.25) is 5.95 Å². The first-order valence-corrected chi connectivity index (χ1v) is 10.7. The minimum absolute atomic E-state index is 0.264. The fraction of sp³-hybridized carbons (Fsp3) is 0.273. The SMILES string of the molecule is CCOC(=O)C1=C(C)Nc2nnnn2C1c1cc(Br)ccc1OCc1ccccc1C. The van der Waals surface area contributed by atoms with E-state index in [2.05, 4.69) is 36.8 Å². The van der Waals surface area contributed by atoms with Crippen LogP contribution in [0.4, 0.5) is 5.95 Å². The van der Waals surface area contributed by atoms with Crippen LogP contribution in [0.25, 0.3) is 0 Å². The van der Waals surface area contributed by atoms with E-state index in [1.165, 1.54) is 0 Å². The Morgan fingerprint density at radius 1 is 1.23 bits per heavy atom. The number of hydrogen-bond acceptors (Lipinski definition) is 7. The molecule has 0 spiro atoms. The van der Waals surface area contributed by atoms with Crippen LogP contribution in [0.5, 0.6) is 5.75 Å². The first kappa shape index (κ1) is 21.0. The molecule has 1 atom stereocenters. The van der Waals surface area contributed by atoms with E-state index >= 15 is 0 Å². The largest absolute Gasteiger partial charge is 0.489 e. The number of carbonyl (C=O) groups is 1. The number of aromatic nitrogens is 4. The molecular weight excluding hydrogens is 462 g/mol. The molecule has 3 aromatic rings. The molecule has 31 heavy (non-hydrogen) atoms. The van der Waals surface area contributed by atoms with Gasteiger partial charge in [0, 0.05) is 15.7 Å². The Morgan fingerprint density at radius 2 is 2.03 bits per heavy atom. The van der Waals surface area contributed by atoms with Crippen LogP contribution in [-0.2, 0) is 16.1 Å². The summed E-state index contributed by atoms with van der Waals surface area (Å²) in [5, 5.41) is 15.0. The standard InChI is InChI=1S/C22H22BrN5O3/c1-4-30-21(29)19-14(3)24-22-25-26-27-28(22)20(19)17-11-16(23)9-10-18(17)31-12-15-8-6-5-7-13(15)2/h5-11,20H,4,12H2,1-3H3,(H,24,25,27). The number of hydrogen-bond donors (Lipinski definition) is 1. The Kier molecular flexibility index (Phi) is 6.03. The fourth-order valence-corrected chi connectivity index (χ4v) is 3.94. The Hall–Kier alpha value is -3.20. The van der Waals surface area contributed by atoms with Gasteiger partial charge in [-0.1, -0.05) is 45.3 Å². The average molecular weight is 484 g/mol. The number of anilines is 1. The number of nitrogens with one attached hydrogen (secondary N) is 1. The first-order chi connectivity index (χ1) is 15.0. The lowest BCUT2D eigenvalue weighted by molar-refractivity contribution is -0.139. The normalized spacial score (nSPS) is 15.3. The molecule has 0 amide bonds. The predicted octanol–water partition coefficient (Wildman–Crippen LogP) is 4.18. The van der Waals surface area contributed by atoms with E-state index in [1.54, 1.807) is 11.6 Å². The van der Waals surface area contributed by atoms with Crippen molar-refractivity contribution in [2.45, 2.75) is 33.4 Å². The molecule has 0 saturated heterocycles. The lowest BCUT2D eigenvalue weighted by Gasteiger charge is -2.28. The minimum Gasteiger partial charge on any atom is -0.489 e. The maximum Gasteiger partial charge on any atom is 0.338 e. The van der Waals surface area contributed by atoms with Crippen molar-refractivity contribution in [3.63, 3.8) is 0 Å². The highest BCUT2D eigenvalue weighted by Gasteiger charge is 2.36. The van der Waals surface area contributed by atoms with Crippen molar-refractivity contribution in [1.29, 1.82) is 0 Å². The van der Waals surface area contributed by atoms with Gasteiger partial charge in [0.05, 0.1) is 12.2 Å². The van der Waals surface area contributed by atoms with Gasteiger partial charge in [0.15, 0.2) is 0 Å². The third kappa shape index (κ3) is 4.18. The highest BCUT2D eigenvalue weighted by atomic mass is 79.9. The number of allylic oxidation sites excluding steroid dienone is 1. The highest BCUT2D eigenvalue weighted by molar-refractivity contribution is 9.10. The van der Waals surface area contributed by atoms with Crippen molar-refractivity contribution in [2.24, 2.45) is 0 Å². The number of fused-ring (bicyclic) bond motifs is 1. The van der Waals surface area contributed by atoms with Crippen LogP contribution in [0, 0.1) is 6.92 Å². The number of nitrogens with zero attached hydrogens (tertiary/aromatic N) is 4. The second-order valence-electron chi connectivity index (χ2n) is 7.13. The molecule has 1 aliphatic heterocycles. The number of carbonyl (C=O) groups excluding carboxylic acids is 1. The predicted molar refractivity (Wildman–Crippen MR) is 119 cm³/mol. The second kappa shape index (κ2) is 8.89. The Labute approximate surface area is 188 Å². The summed E-state index contributed by atoms with van der Waals surface area (Å²) in [5.74, 6) is 0.651. The molecule has 1 aromatic heterocycles. The Bertz CT molecular complexity index is 1160. The summed E-state index contributed by atoms with van der Waals surface area (Å²) in [6.07, 6.45) is 0. The van der Waals surface area contributed by atoms with E-state index in [0.29, 0.717) is 29.6 Å². The first-order valence-electron chi connectivity index (χ1n) is 9.89. The van der Waals surface area contributed by atoms with Gasteiger partial charge < -0.3 is 14.8 Å². The summed E-state index contributed by atoms with van der Waals surface area (Å²) in [5.41, 5.74) is 4.05. The smallest absolute Gasteiger partial charge is 0.338 e. The minimum atomic E-state index is -0.602. The fourth-order valence-electron chi connectivity index (χ4n) is 3.57. The van der Waals surface area contributed by atoms with Crippen LogP contribution >= 0.6 is 15.9 Å². The van der Waals surface area contributed by atoms with Crippen LogP contribution in [0.2, 0.25) is 0 Å². The number of ether oxygens (including phenoxy) is 2.